The Kier molecular flexibility index (Phi) is 3.13. The van der Waals surface area contributed by atoms with E-state index in [-0.39, 0.29) is 0 Å². The fourth-order valence-corrected chi connectivity index (χ4v) is 1.81. The van der Waals surface area contributed by atoms with Gasteiger partial charge in [-0.05, 0) is 24.3 Å². The summed E-state index contributed by atoms with van der Waals surface area (Å²) in [6, 6.07) is 8.12. The van der Waals surface area contributed by atoms with Crippen LogP contribution in [0.2, 0.25) is 0 Å². The second-order valence-electron chi connectivity index (χ2n) is 4.40. The van der Waals surface area contributed by atoms with E-state index in [1.165, 1.54) is 0 Å². The highest BCUT2D eigenvalue weighted by molar-refractivity contribution is 5.59. The molecule has 2 rings (SSSR count). The predicted octanol–water partition coefficient (Wildman–Crippen LogP) is 2.65. The van der Waals surface area contributed by atoms with E-state index in [4.69, 9.17) is 0 Å². The molecule has 0 saturated heterocycles. The van der Waals surface area contributed by atoms with Crippen LogP contribution >= 0.6 is 0 Å². The summed E-state index contributed by atoms with van der Waals surface area (Å²) in [4.78, 5) is 4.57. The molecule has 17 heavy (non-hydrogen) atoms. The van der Waals surface area contributed by atoms with Crippen LogP contribution in [0, 0.1) is 0 Å². The van der Waals surface area contributed by atoms with Gasteiger partial charge in [-0.25, -0.2) is 4.98 Å². The van der Waals surface area contributed by atoms with Crippen molar-refractivity contribution in [3.63, 3.8) is 0 Å². The van der Waals surface area contributed by atoms with Gasteiger partial charge in [-0.15, -0.1) is 0 Å². The third kappa shape index (κ3) is 2.30. The van der Waals surface area contributed by atoms with Crippen molar-refractivity contribution in [1.29, 1.82) is 0 Å². The zero-order chi connectivity index (χ0) is 12.4. The van der Waals surface area contributed by atoms with Crippen LogP contribution in [-0.4, -0.2) is 21.8 Å². The average molecular weight is 230 g/mol. The number of hydrogen-bond acceptors (Lipinski definition) is 3. The van der Waals surface area contributed by atoms with Gasteiger partial charge in [0.1, 0.15) is 5.82 Å². The highest BCUT2D eigenvalue weighted by Crippen LogP contribution is 2.20. The molecular formula is C13H18N4. The maximum atomic E-state index is 4.57. The van der Waals surface area contributed by atoms with Gasteiger partial charge < -0.3 is 5.32 Å². The fraction of sp³-hybridized carbons (Fsp3) is 0.385. The minimum atomic E-state index is 0.387. The molecule has 1 aromatic carbocycles. The minimum absolute atomic E-state index is 0.387. The Labute approximate surface area is 102 Å². The van der Waals surface area contributed by atoms with Crippen molar-refractivity contribution in [1.82, 2.24) is 14.8 Å². The first-order chi connectivity index (χ1) is 8.11. The van der Waals surface area contributed by atoms with E-state index in [9.17, 15) is 0 Å². The molecule has 0 aliphatic carbocycles. The lowest BCUT2D eigenvalue weighted by molar-refractivity contribution is 0.655. The molecule has 0 fully saturated rings. The van der Waals surface area contributed by atoms with E-state index in [1.54, 1.807) is 0 Å². The van der Waals surface area contributed by atoms with Gasteiger partial charge in [0.2, 0.25) is 0 Å². The number of aromatic nitrogens is 3. The maximum Gasteiger partial charge on any atom is 0.181 e. The van der Waals surface area contributed by atoms with Gasteiger partial charge in [-0.3, -0.25) is 4.68 Å². The van der Waals surface area contributed by atoms with Crippen LogP contribution < -0.4 is 5.32 Å². The number of hydrogen-bond donors (Lipinski definition) is 1. The number of nitrogens with one attached hydrogen (secondary N) is 1. The van der Waals surface area contributed by atoms with Crippen LogP contribution in [0.25, 0.3) is 11.4 Å². The maximum absolute atomic E-state index is 4.57. The summed E-state index contributed by atoms with van der Waals surface area (Å²) in [5.74, 6) is 2.19. The van der Waals surface area contributed by atoms with Crippen molar-refractivity contribution in [3.05, 3.63) is 30.1 Å². The fourth-order valence-electron chi connectivity index (χ4n) is 1.81. The topological polar surface area (TPSA) is 42.7 Å². The lowest BCUT2D eigenvalue weighted by Gasteiger charge is -2.00. The molecule has 0 radical (unpaired) electrons. The summed E-state index contributed by atoms with van der Waals surface area (Å²) >= 11 is 0. The SMILES string of the molecule is CNc1ccc(-c2nc(C(C)C)n(C)n2)cc1. The predicted molar refractivity (Wildman–Crippen MR) is 70.1 cm³/mol. The molecule has 0 saturated carbocycles. The summed E-state index contributed by atoms with van der Waals surface area (Å²) in [5.41, 5.74) is 2.14. The van der Waals surface area contributed by atoms with Crippen LogP contribution in [-0.2, 0) is 7.05 Å². The molecular weight excluding hydrogens is 212 g/mol. The van der Waals surface area contributed by atoms with Gasteiger partial charge in [0, 0.05) is 31.3 Å². The van der Waals surface area contributed by atoms with Crippen LogP contribution in [0.15, 0.2) is 24.3 Å². The van der Waals surface area contributed by atoms with Gasteiger partial charge in [-0.2, -0.15) is 5.10 Å². The van der Waals surface area contributed by atoms with Gasteiger partial charge in [0.05, 0.1) is 0 Å². The summed E-state index contributed by atoms with van der Waals surface area (Å²) in [6.07, 6.45) is 0. The van der Waals surface area contributed by atoms with E-state index in [2.05, 4.69) is 29.2 Å². The Morgan fingerprint density at radius 2 is 1.82 bits per heavy atom. The highest BCUT2D eigenvalue weighted by atomic mass is 15.3. The molecule has 1 heterocycles. The Hall–Kier alpha value is -1.84. The van der Waals surface area contributed by atoms with Crippen molar-refractivity contribution in [2.45, 2.75) is 19.8 Å². The first-order valence-electron chi connectivity index (χ1n) is 5.81. The van der Waals surface area contributed by atoms with E-state index in [1.807, 2.05) is 43.0 Å². The normalized spacial score (nSPS) is 10.9. The smallest absolute Gasteiger partial charge is 0.181 e. The number of aryl methyl sites for hydroxylation is 1. The molecule has 1 N–H and O–H groups in total. The zero-order valence-electron chi connectivity index (χ0n) is 10.7. The third-order valence-corrected chi connectivity index (χ3v) is 2.74. The number of benzene rings is 1. The van der Waals surface area contributed by atoms with E-state index in [0.29, 0.717) is 5.92 Å². The Bertz CT molecular complexity index is 497. The average Bonchev–Trinajstić information content (AvgIpc) is 2.71. The Balaban J connectivity index is 2.36. The highest BCUT2D eigenvalue weighted by Gasteiger charge is 2.11. The summed E-state index contributed by atoms with van der Waals surface area (Å²) in [7, 11) is 3.85. The van der Waals surface area contributed by atoms with Crippen molar-refractivity contribution < 1.29 is 0 Å². The zero-order valence-corrected chi connectivity index (χ0v) is 10.7. The number of anilines is 1. The van der Waals surface area contributed by atoms with Gasteiger partial charge >= 0.3 is 0 Å². The standard InChI is InChI=1S/C13H18N4/c1-9(2)13-15-12(16-17(13)4)10-5-7-11(14-3)8-6-10/h5-9,14H,1-4H3. The van der Waals surface area contributed by atoms with Crippen LogP contribution in [0.5, 0.6) is 0 Å². The molecule has 0 aliphatic rings. The molecule has 0 amide bonds. The monoisotopic (exact) mass is 230 g/mol. The van der Waals surface area contributed by atoms with E-state index in [0.717, 1.165) is 22.9 Å². The number of rotatable bonds is 3. The Morgan fingerprint density at radius 1 is 1.18 bits per heavy atom. The van der Waals surface area contributed by atoms with Crippen molar-refractivity contribution in [2.75, 3.05) is 12.4 Å². The molecule has 90 valence electrons. The molecule has 0 aliphatic heterocycles. The quantitative estimate of drug-likeness (QED) is 0.881. The molecule has 4 heteroatoms. The van der Waals surface area contributed by atoms with Gasteiger partial charge in [0.15, 0.2) is 5.82 Å². The lowest BCUT2D eigenvalue weighted by Crippen LogP contribution is -2.00. The molecule has 0 spiro atoms. The first kappa shape index (κ1) is 11.6. The van der Waals surface area contributed by atoms with Crippen LogP contribution in [0.4, 0.5) is 5.69 Å². The van der Waals surface area contributed by atoms with Crippen molar-refractivity contribution in [3.8, 4) is 11.4 Å². The summed E-state index contributed by atoms with van der Waals surface area (Å²) in [6.45, 7) is 4.25. The van der Waals surface area contributed by atoms with E-state index < -0.39 is 0 Å². The molecule has 2 aromatic rings. The Morgan fingerprint density at radius 3 is 2.29 bits per heavy atom. The molecule has 0 atom stereocenters. The third-order valence-electron chi connectivity index (χ3n) is 2.74. The van der Waals surface area contributed by atoms with Gasteiger partial charge in [0.25, 0.3) is 0 Å². The molecule has 1 aromatic heterocycles. The van der Waals surface area contributed by atoms with Crippen molar-refractivity contribution in [2.24, 2.45) is 7.05 Å². The first-order valence-corrected chi connectivity index (χ1v) is 5.81. The van der Waals surface area contributed by atoms with Crippen LogP contribution in [0.3, 0.4) is 0 Å². The largest absolute Gasteiger partial charge is 0.388 e. The van der Waals surface area contributed by atoms with Crippen LogP contribution in [0.1, 0.15) is 25.6 Å². The molecule has 4 nitrogen and oxygen atoms in total. The summed E-state index contributed by atoms with van der Waals surface area (Å²) in [5, 5.41) is 7.54. The number of nitrogens with zero attached hydrogens (tertiary/aromatic N) is 3. The second kappa shape index (κ2) is 4.57. The van der Waals surface area contributed by atoms with Crippen molar-refractivity contribution >= 4 is 5.69 Å². The van der Waals surface area contributed by atoms with Gasteiger partial charge in [-0.1, -0.05) is 13.8 Å². The lowest BCUT2D eigenvalue weighted by atomic mass is 10.2. The minimum Gasteiger partial charge on any atom is -0.388 e. The molecule has 0 unspecified atom stereocenters. The second-order valence-corrected chi connectivity index (χ2v) is 4.40. The van der Waals surface area contributed by atoms with E-state index >= 15 is 0 Å². The summed E-state index contributed by atoms with van der Waals surface area (Å²) < 4.78 is 1.85. The molecule has 0 bridgehead atoms.